The summed E-state index contributed by atoms with van der Waals surface area (Å²) in [6.45, 7) is 1.91. The highest BCUT2D eigenvalue weighted by atomic mass is 32.2. The molecular formula is C24H26N4O4S. The van der Waals surface area contributed by atoms with E-state index in [9.17, 15) is 19.5 Å². The first kappa shape index (κ1) is 23.0. The summed E-state index contributed by atoms with van der Waals surface area (Å²) in [6.07, 6.45) is 1.45. The molecule has 2 aliphatic rings. The van der Waals surface area contributed by atoms with E-state index in [1.807, 2.05) is 18.2 Å². The second kappa shape index (κ2) is 10.6. The van der Waals surface area contributed by atoms with E-state index in [0.717, 1.165) is 36.7 Å². The van der Waals surface area contributed by atoms with Gasteiger partial charge in [0.15, 0.2) is 5.17 Å². The highest BCUT2D eigenvalue weighted by molar-refractivity contribution is 8.15. The predicted molar refractivity (Wildman–Crippen MR) is 128 cm³/mol. The molecule has 1 fully saturated rings. The molecule has 3 N–H and O–H groups in total. The number of aliphatic hydroxyl groups is 1. The molecule has 2 heterocycles. The Morgan fingerprint density at radius 1 is 1.09 bits per heavy atom. The summed E-state index contributed by atoms with van der Waals surface area (Å²) in [5.74, 6) is -0.855. The number of carbonyl (C=O) groups is 3. The molecule has 3 amide bonds. The summed E-state index contributed by atoms with van der Waals surface area (Å²) in [7, 11) is 0. The van der Waals surface area contributed by atoms with E-state index >= 15 is 0 Å². The van der Waals surface area contributed by atoms with Crippen molar-refractivity contribution in [2.75, 3.05) is 25.0 Å². The van der Waals surface area contributed by atoms with Gasteiger partial charge in [-0.05, 0) is 42.7 Å². The number of rotatable bonds is 7. The van der Waals surface area contributed by atoms with Gasteiger partial charge in [0.05, 0.1) is 6.10 Å². The molecule has 33 heavy (non-hydrogen) atoms. The van der Waals surface area contributed by atoms with Crippen molar-refractivity contribution in [1.82, 2.24) is 10.2 Å². The van der Waals surface area contributed by atoms with Crippen molar-refractivity contribution in [2.45, 2.75) is 30.6 Å². The van der Waals surface area contributed by atoms with Crippen molar-refractivity contribution in [1.29, 1.82) is 0 Å². The first-order valence-electron chi connectivity index (χ1n) is 10.9. The third kappa shape index (κ3) is 6.00. The van der Waals surface area contributed by atoms with Gasteiger partial charge >= 0.3 is 0 Å². The van der Waals surface area contributed by atoms with Crippen molar-refractivity contribution in [3.8, 4) is 0 Å². The molecule has 2 atom stereocenters. The summed E-state index contributed by atoms with van der Waals surface area (Å²) >= 11 is 1.36. The molecule has 0 aliphatic carbocycles. The van der Waals surface area contributed by atoms with E-state index in [2.05, 4.69) is 20.5 Å². The number of anilines is 1. The molecule has 2 aromatic rings. The lowest BCUT2D eigenvalue weighted by molar-refractivity contribution is -0.121. The van der Waals surface area contributed by atoms with Crippen molar-refractivity contribution in [3.63, 3.8) is 0 Å². The molecule has 9 heteroatoms. The molecule has 8 nitrogen and oxygen atoms in total. The molecule has 2 aliphatic heterocycles. The molecule has 172 valence electrons. The summed E-state index contributed by atoms with van der Waals surface area (Å²) in [5, 5.41) is 15.9. The Labute approximate surface area is 196 Å². The van der Waals surface area contributed by atoms with Gasteiger partial charge in [-0.2, -0.15) is 4.99 Å². The van der Waals surface area contributed by atoms with Crippen LogP contribution in [0.2, 0.25) is 0 Å². The number of aliphatic hydroxyl groups excluding tert-OH is 1. The zero-order chi connectivity index (χ0) is 23.2. The minimum atomic E-state index is -0.792. The number of hydrogen-bond acceptors (Lipinski definition) is 6. The lowest BCUT2D eigenvalue weighted by Crippen LogP contribution is -2.28. The number of amidine groups is 1. The first-order chi connectivity index (χ1) is 16.0. The van der Waals surface area contributed by atoms with Gasteiger partial charge in [0, 0.05) is 37.3 Å². The van der Waals surface area contributed by atoms with Crippen LogP contribution in [-0.2, 0) is 9.59 Å². The summed E-state index contributed by atoms with van der Waals surface area (Å²) in [6, 6.07) is 15.6. The van der Waals surface area contributed by atoms with Gasteiger partial charge in [-0.15, -0.1) is 0 Å². The Morgan fingerprint density at radius 2 is 1.79 bits per heavy atom. The molecule has 1 saturated heterocycles. The summed E-state index contributed by atoms with van der Waals surface area (Å²) < 4.78 is 0. The van der Waals surface area contributed by atoms with Gasteiger partial charge in [-0.1, -0.05) is 42.1 Å². The number of aliphatic imine (C=N–C) groups is 1. The quantitative estimate of drug-likeness (QED) is 0.578. The minimum absolute atomic E-state index is 0.0456. The van der Waals surface area contributed by atoms with Crippen LogP contribution in [0.4, 0.5) is 5.69 Å². The Morgan fingerprint density at radius 3 is 2.48 bits per heavy atom. The number of hydrogen-bond donors (Lipinski definition) is 3. The molecule has 2 aromatic carbocycles. The number of nitrogens with zero attached hydrogens (tertiary/aromatic N) is 2. The van der Waals surface area contributed by atoms with E-state index in [1.165, 1.54) is 11.8 Å². The minimum Gasteiger partial charge on any atom is -0.387 e. The van der Waals surface area contributed by atoms with E-state index in [4.69, 9.17) is 0 Å². The van der Waals surface area contributed by atoms with Gasteiger partial charge in [0.25, 0.3) is 11.8 Å². The Kier molecular flexibility index (Phi) is 7.41. The van der Waals surface area contributed by atoms with Gasteiger partial charge in [0.1, 0.15) is 5.25 Å². The highest BCUT2D eigenvalue weighted by Crippen LogP contribution is 2.29. The second-order valence-electron chi connectivity index (χ2n) is 8.00. The number of benzene rings is 2. The maximum Gasteiger partial charge on any atom is 0.262 e. The van der Waals surface area contributed by atoms with Crippen molar-refractivity contribution in [2.24, 2.45) is 4.99 Å². The zero-order valence-electron chi connectivity index (χ0n) is 18.1. The standard InChI is InChI=1S/C24H26N4O4S/c29-19(16-6-2-1-3-7-16)15-25-22(31)17-8-10-18(11-9-17)26-21(30)14-20-23(32)27-24(33-20)28-12-4-5-13-28/h1-3,6-11,19-20,29H,4-5,12-15H2,(H,25,31)(H,26,30). The molecule has 0 saturated carbocycles. The molecule has 0 spiro atoms. The third-order valence-electron chi connectivity index (χ3n) is 5.55. The largest absolute Gasteiger partial charge is 0.387 e. The lowest BCUT2D eigenvalue weighted by atomic mass is 10.1. The molecule has 4 rings (SSSR count). The van der Waals surface area contributed by atoms with Crippen molar-refractivity contribution >= 4 is 40.3 Å². The first-order valence-corrected chi connectivity index (χ1v) is 11.8. The Hall–Kier alpha value is -3.17. The van der Waals surface area contributed by atoms with Crippen LogP contribution in [0.3, 0.4) is 0 Å². The van der Waals surface area contributed by atoms with Crippen molar-refractivity contribution < 1.29 is 19.5 Å². The highest BCUT2D eigenvalue weighted by Gasteiger charge is 2.33. The van der Waals surface area contributed by atoms with Gasteiger partial charge in [-0.25, -0.2) is 0 Å². The molecule has 0 aromatic heterocycles. The van der Waals surface area contributed by atoms with Crippen LogP contribution >= 0.6 is 11.8 Å². The third-order valence-corrected chi connectivity index (χ3v) is 6.76. The predicted octanol–water partition coefficient (Wildman–Crippen LogP) is 2.57. The number of amides is 3. The number of thioether (sulfide) groups is 1. The van der Waals surface area contributed by atoms with Crippen LogP contribution in [0.15, 0.2) is 59.6 Å². The second-order valence-corrected chi connectivity index (χ2v) is 9.17. The number of carbonyl (C=O) groups excluding carboxylic acids is 3. The van der Waals surface area contributed by atoms with Crippen LogP contribution in [0, 0.1) is 0 Å². The fraction of sp³-hybridized carbons (Fsp3) is 0.333. The van der Waals surface area contributed by atoms with Crippen LogP contribution in [0.5, 0.6) is 0 Å². The monoisotopic (exact) mass is 466 g/mol. The Bertz CT molecular complexity index is 1040. The number of nitrogens with one attached hydrogen (secondary N) is 2. The van der Waals surface area contributed by atoms with Crippen LogP contribution in [0.1, 0.15) is 41.3 Å². The van der Waals surface area contributed by atoms with Gasteiger partial charge in [-0.3, -0.25) is 14.4 Å². The molecule has 0 bridgehead atoms. The van der Waals surface area contributed by atoms with Gasteiger partial charge < -0.3 is 20.6 Å². The smallest absolute Gasteiger partial charge is 0.262 e. The molecule has 2 unspecified atom stereocenters. The Balaban J connectivity index is 1.24. The van der Waals surface area contributed by atoms with E-state index in [0.29, 0.717) is 11.3 Å². The average Bonchev–Trinajstić information content (AvgIpc) is 3.48. The van der Waals surface area contributed by atoms with Crippen LogP contribution in [-0.4, -0.2) is 57.8 Å². The van der Waals surface area contributed by atoms with Crippen molar-refractivity contribution in [3.05, 3.63) is 65.7 Å². The maximum atomic E-state index is 12.4. The maximum absolute atomic E-state index is 12.4. The fourth-order valence-corrected chi connectivity index (χ4v) is 4.84. The molecular weight excluding hydrogens is 440 g/mol. The van der Waals surface area contributed by atoms with E-state index in [-0.39, 0.29) is 30.7 Å². The average molecular weight is 467 g/mol. The fourth-order valence-electron chi connectivity index (χ4n) is 3.72. The number of likely N-dealkylation sites (tertiary alicyclic amines) is 1. The normalized spacial score (nSPS) is 18.7. The van der Waals surface area contributed by atoms with Crippen LogP contribution < -0.4 is 10.6 Å². The van der Waals surface area contributed by atoms with Gasteiger partial charge in [0.2, 0.25) is 5.91 Å². The summed E-state index contributed by atoms with van der Waals surface area (Å²) in [4.78, 5) is 43.2. The molecule has 0 radical (unpaired) electrons. The zero-order valence-corrected chi connectivity index (χ0v) is 18.9. The van der Waals surface area contributed by atoms with E-state index in [1.54, 1.807) is 36.4 Å². The van der Waals surface area contributed by atoms with E-state index < -0.39 is 11.4 Å². The van der Waals surface area contributed by atoms with Crippen LogP contribution in [0.25, 0.3) is 0 Å². The topological polar surface area (TPSA) is 111 Å². The lowest BCUT2D eigenvalue weighted by Gasteiger charge is -2.16. The SMILES string of the molecule is O=C(CC1SC(N2CCCC2)=NC1=O)Nc1ccc(C(=O)NCC(O)c2ccccc2)cc1. The summed E-state index contributed by atoms with van der Waals surface area (Å²) in [5.41, 5.74) is 1.68.